The van der Waals surface area contributed by atoms with Crippen molar-refractivity contribution in [2.45, 2.75) is 97.1 Å². The Balaban J connectivity index is 1.24. The minimum atomic E-state index is -1.11. The van der Waals surface area contributed by atoms with Gasteiger partial charge >= 0.3 is 17.9 Å². The van der Waals surface area contributed by atoms with Crippen molar-refractivity contribution in [3.63, 3.8) is 0 Å². The number of hydrogen-bond donors (Lipinski definition) is 1. The molecule has 2 unspecified atom stereocenters. The zero-order valence-corrected chi connectivity index (χ0v) is 24.6. The van der Waals surface area contributed by atoms with Crippen molar-refractivity contribution >= 4 is 23.7 Å². The Hall–Kier alpha value is -2.52. The fraction of sp³-hybridized carbons (Fsp3) is 0.750. The standard InChI is InChI=1S/C32H42O9/c1-16-12-25(40-29(37)21(16)14-38-18(3)34)17(2)22-6-7-23-20-13-28-32(41-28)27(39-19(4)35)9-8-26(36)31(32,15-33)24(20)10-11-30(22,23)5/h8-9,17,20,22-25,27-28,33H,6-7,10-15H2,1-5H3/t17?,20-,22+,23-,24-,25?,27-,28+,30+,31-,32+/m0/s1. The number of aliphatic hydroxyl groups excluding tert-OH is 1. The van der Waals surface area contributed by atoms with Crippen molar-refractivity contribution in [2.24, 2.45) is 40.4 Å². The second-order valence-corrected chi connectivity index (χ2v) is 13.7. The maximum Gasteiger partial charge on any atom is 0.337 e. The van der Waals surface area contributed by atoms with Crippen LogP contribution in [0.5, 0.6) is 0 Å². The summed E-state index contributed by atoms with van der Waals surface area (Å²) in [4.78, 5) is 49.8. The van der Waals surface area contributed by atoms with E-state index in [-0.39, 0.29) is 54.4 Å². The minimum Gasteiger partial charge on any atom is -0.461 e. The molecule has 0 aromatic rings. The van der Waals surface area contributed by atoms with Crippen molar-refractivity contribution in [1.82, 2.24) is 0 Å². The molecule has 2 heterocycles. The normalized spacial score (nSPS) is 45.1. The number of ether oxygens (including phenoxy) is 4. The van der Waals surface area contributed by atoms with Gasteiger partial charge in [-0.05, 0) is 86.2 Å². The number of ketones is 1. The summed E-state index contributed by atoms with van der Waals surface area (Å²) in [6.07, 6.45) is 7.08. The lowest BCUT2D eigenvalue weighted by atomic mass is 9.44. The highest BCUT2D eigenvalue weighted by atomic mass is 16.7. The number of rotatable bonds is 6. The number of cyclic esters (lactones) is 1. The lowest BCUT2D eigenvalue weighted by Crippen LogP contribution is -2.67. The number of epoxide rings is 1. The van der Waals surface area contributed by atoms with Gasteiger partial charge in [0.15, 0.2) is 17.5 Å². The van der Waals surface area contributed by atoms with Crippen LogP contribution < -0.4 is 0 Å². The topological polar surface area (TPSA) is 129 Å². The second kappa shape index (κ2) is 9.76. The van der Waals surface area contributed by atoms with E-state index >= 15 is 0 Å². The van der Waals surface area contributed by atoms with Gasteiger partial charge in [-0.1, -0.05) is 19.4 Å². The first kappa shape index (κ1) is 28.6. The average molecular weight is 571 g/mol. The van der Waals surface area contributed by atoms with E-state index in [2.05, 4.69) is 13.8 Å². The SMILES string of the molecule is CC(=O)OCC1=C(C)CC(C(C)[C@H]2CC[C@H]3[C@@H]4C[C@H]5O[C@]56[C@@H](OC(C)=O)C=CC(=O)[C@]6(CO)[C@H]4CC[C@]23C)OC1=O. The average Bonchev–Trinajstić information content (AvgIpc) is 3.53. The van der Waals surface area contributed by atoms with Gasteiger partial charge in [-0.25, -0.2) is 4.79 Å². The van der Waals surface area contributed by atoms with E-state index in [1.165, 1.54) is 19.9 Å². The van der Waals surface area contributed by atoms with Crippen LogP contribution in [0.1, 0.15) is 73.1 Å². The molecule has 0 aromatic carbocycles. The Morgan fingerprint density at radius 2 is 1.90 bits per heavy atom. The van der Waals surface area contributed by atoms with Crippen LogP contribution in [-0.4, -0.2) is 65.9 Å². The lowest BCUT2D eigenvalue weighted by molar-refractivity contribution is -0.174. The molecule has 9 heteroatoms. The number of aliphatic hydroxyl groups is 1. The molecule has 1 spiro atoms. The van der Waals surface area contributed by atoms with Crippen LogP contribution in [-0.2, 0) is 38.1 Å². The van der Waals surface area contributed by atoms with Gasteiger partial charge in [-0.2, -0.15) is 0 Å². The van der Waals surface area contributed by atoms with Gasteiger partial charge in [0.05, 0.1) is 23.7 Å². The molecular formula is C32H42O9. The summed E-state index contributed by atoms with van der Waals surface area (Å²) in [7, 11) is 0. The quantitative estimate of drug-likeness (QED) is 0.290. The van der Waals surface area contributed by atoms with E-state index in [1.54, 1.807) is 6.08 Å². The molecule has 0 radical (unpaired) electrons. The van der Waals surface area contributed by atoms with Crippen molar-refractivity contribution in [2.75, 3.05) is 13.2 Å². The van der Waals surface area contributed by atoms with Gasteiger partial charge in [0.1, 0.15) is 12.7 Å². The van der Waals surface area contributed by atoms with Crippen molar-refractivity contribution in [1.29, 1.82) is 0 Å². The maximum atomic E-state index is 13.7. The molecule has 0 aromatic heterocycles. The van der Waals surface area contributed by atoms with Crippen LogP contribution >= 0.6 is 0 Å². The highest BCUT2D eigenvalue weighted by Crippen LogP contribution is 2.73. The number of carbonyl (C=O) groups is 4. The first-order chi connectivity index (χ1) is 19.4. The molecule has 0 bridgehead atoms. The molecular weight excluding hydrogens is 528 g/mol. The number of fused-ring (bicyclic) bond motifs is 4. The van der Waals surface area contributed by atoms with E-state index < -0.39 is 35.0 Å². The van der Waals surface area contributed by atoms with Crippen LogP contribution in [0.3, 0.4) is 0 Å². The third-order valence-electron chi connectivity index (χ3n) is 12.1. The predicted molar refractivity (Wildman–Crippen MR) is 145 cm³/mol. The number of hydrogen-bond acceptors (Lipinski definition) is 9. The molecule has 3 saturated carbocycles. The largest absolute Gasteiger partial charge is 0.461 e. The van der Waals surface area contributed by atoms with Crippen molar-refractivity contribution < 1.29 is 43.2 Å². The summed E-state index contributed by atoms with van der Waals surface area (Å²) in [5.74, 6) is -0.413. The summed E-state index contributed by atoms with van der Waals surface area (Å²) >= 11 is 0. The molecule has 11 atom stereocenters. The molecule has 224 valence electrons. The van der Waals surface area contributed by atoms with Crippen molar-refractivity contribution in [3.05, 3.63) is 23.3 Å². The van der Waals surface area contributed by atoms with Gasteiger partial charge in [-0.3, -0.25) is 14.4 Å². The molecule has 6 rings (SSSR count). The van der Waals surface area contributed by atoms with Gasteiger partial charge in [0.2, 0.25) is 0 Å². The number of esters is 3. The Labute approximate surface area is 241 Å². The van der Waals surface area contributed by atoms with E-state index in [0.29, 0.717) is 23.8 Å². The summed E-state index contributed by atoms with van der Waals surface area (Å²) < 4.78 is 23.0. The van der Waals surface area contributed by atoms with Crippen LogP contribution in [0.4, 0.5) is 0 Å². The molecule has 41 heavy (non-hydrogen) atoms. The first-order valence-corrected chi connectivity index (χ1v) is 15.1. The van der Waals surface area contributed by atoms with Gasteiger partial charge in [0, 0.05) is 20.3 Å². The fourth-order valence-corrected chi connectivity index (χ4v) is 10.2. The Kier molecular flexibility index (Phi) is 6.81. The molecule has 1 saturated heterocycles. The van der Waals surface area contributed by atoms with Gasteiger partial charge < -0.3 is 24.1 Å². The van der Waals surface area contributed by atoms with E-state index in [4.69, 9.17) is 18.9 Å². The third-order valence-corrected chi connectivity index (χ3v) is 12.1. The molecule has 0 amide bonds. The van der Waals surface area contributed by atoms with E-state index in [1.807, 2.05) is 6.92 Å². The monoisotopic (exact) mass is 570 g/mol. The summed E-state index contributed by atoms with van der Waals surface area (Å²) in [6.45, 7) is 8.78. The van der Waals surface area contributed by atoms with Crippen molar-refractivity contribution in [3.8, 4) is 0 Å². The smallest absolute Gasteiger partial charge is 0.337 e. The minimum absolute atomic E-state index is 0.00297. The van der Waals surface area contributed by atoms with Crippen LogP contribution in [0.25, 0.3) is 0 Å². The second-order valence-electron chi connectivity index (χ2n) is 13.7. The summed E-state index contributed by atoms with van der Waals surface area (Å²) in [5.41, 5.74) is -0.754. The summed E-state index contributed by atoms with van der Waals surface area (Å²) in [5, 5.41) is 10.9. The van der Waals surface area contributed by atoms with Gasteiger partial charge in [-0.15, -0.1) is 0 Å². The zero-order chi connectivity index (χ0) is 29.5. The predicted octanol–water partition coefficient (Wildman–Crippen LogP) is 3.47. The molecule has 6 aliphatic rings. The molecule has 2 aliphatic heterocycles. The Morgan fingerprint density at radius 1 is 1.15 bits per heavy atom. The Bertz CT molecular complexity index is 1240. The van der Waals surface area contributed by atoms with Crippen LogP contribution in [0.15, 0.2) is 23.3 Å². The summed E-state index contributed by atoms with van der Waals surface area (Å²) in [6, 6.07) is 0. The van der Waals surface area contributed by atoms with Crippen LogP contribution in [0.2, 0.25) is 0 Å². The first-order valence-electron chi connectivity index (χ1n) is 15.1. The highest BCUT2D eigenvalue weighted by molar-refractivity contribution is 5.99. The Morgan fingerprint density at radius 3 is 2.56 bits per heavy atom. The highest BCUT2D eigenvalue weighted by Gasteiger charge is 2.82. The zero-order valence-electron chi connectivity index (χ0n) is 24.6. The fourth-order valence-electron chi connectivity index (χ4n) is 10.2. The molecule has 1 N–H and O–H groups in total. The molecule has 4 aliphatic carbocycles. The van der Waals surface area contributed by atoms with E-state index in [0.717, 1.165) is 37.7 Å². The molecule has 9 nitrogen and oxygen atoms in total. The maximum absolute atomic E-state index is 13.7. The third kappa shape index (κ3) is 3.94. The van der Waals surface area contributed by atoms with Crippen LogP contribution in [0, 0.1) is 40.4 Å². The number of allylic oxidation sites excluding steroid dienone is 1. The lowest BCUT2D eigenvalue weighted by Gasteiger charge is -2.58. The van der Waals surface area contributed by atoms with E-state index in [9.17, 15) is 24.3 Å². The number of carbonyl (C=O) groups excluding carboxylic acids is 4. The van der Waals surface area contributed by atoms with Gasteiger partial charge in [0.25, 0.3) is 0 Å². The molecule has 4 fully saturated rings.